The standard InChI is InChI=1S/C15H14Cl2OS/c16-14-5-4-13(7-15(14)17)10-19-9-12-3-1-2-11(6-12)8-18/h1-7,18H,8-10H2. The highest BCUT2D eigenvalue weighted by atomic mass is 35.5. The smallest absolute Gasteiger partial charge is 0.0681 e. The monoisotopic (exact) mass is 312 g/mol. The van der Waals surface area contributed by atoms with Crippen molar-refractivity contribution in [1.29, 1.82) is 0 Å². The van der Waals surface area contributed by atoms with Crippen molar-refractivity contribution < 1.29 is 5.11 Å². The van der Waals surface area contributed by atoms with Gasteiger partial charge in [0, 0.05) is 11.5 Å². The first-order valence-electron chi connectivity index (χ1n) is 5.89. The minimum atomic E-state index is 0.0886. The molecule has 0 aliphatic carbocycles. The minimum absolute atomic E-state index is 0.0886. The summed E-state index contributed by atoms with van der Waals surface area (Å²) in [7, 11) is 0. The number of benzene rings is 2. The van der Waals surface area contributed by atoms with E-state index >= 15 is 0 Å². The Kier molecular flexibility index (Phi) is 5.59. The molecular weight excluding hydrogens is 299 g/mol. The largest absolute Gasteiger partial charge is 0.392 e. The molecule has 0 aromatic heterocycles. The molecule has 0 unspecified atom stereocenters. The van der Waals surface area contributed by atoms with Gasteiger partial charge in [0.2, 0.25) is 0 Å². The molecule has 0 atom stereocenters. The molecule has 0 saturated carbocycles. The second kappa shape index (κ2) is 7.20. The van der Waals surface area contributed by atoms with E-state index in [1.54, 1.807) is 0 Å². The van der Waals surface area contributed by atoms with E-state index in [2.05, 4.69) is 6.07 Å². The van der Waals surface area contributed by atoms with Gasteiger partial charge in [-0.2, -0.15) is 11.8 Å². The molecule has 2 aromatic rings. The highest BCUT2D eigenvalue weighted by Crippen LogP contribution is 2.25. The highest BCUT2D eigenvalue weighted by molar-refractivity contribution is 7.97. The van der Waals surface area contributed by atoms with Crippen molar-refractivity contribution >= 4 is 35.0 Å². The number of hydrogen-bond acceptors (Lipinski definition) is 2. The van der Waals surface area contributed by atoms with Gasteiger partial charge in [0.05, 0.1) is 16.7 Å². The van der Waals surface area contributed by atoms with Gasteiger partial charge in [-0.15, -0.1) is 0 Å². The number of thioether (sulfide) groups is 1. The maximum Gasteiger partial charge on any atom is 0.0681 e. The van der Waals surface area contributed by atoms with Crippen LogP contribution in [0.2, 0.25) is 10.0 Å². The molecular formula is C15H14Cl2OS. The summed E-state index contributed by atoms with van der Waals surface area (Å²) in [6, 6.07) is 13.7. The first-order chi connectivity index (χ1) is 9.19. The Morgan fingerprint density at radius 2 is 1.53 bits per heavy atom. The summed E-state index contributed by atoms with van der Waals surface area (Å²) in [5.74, 6) is 1.80. The van der Waals surface area contributed by atoms with E-state index in [0.29, 0.717) is 10.0 Å². The molecule has 0 bridgehead atoms. The quantitative estimate of drug-likeness (QED) is 0.845. The Balaban J connectivity index is 1.90. The second-order valence-electron chi connectivity index (χ2n) is 4.22. The maximum absolute atomic E-state index is 9.09. The van der Waals surface area contributed by atoms with Crippen LogP contribution in [0.25, 0.3) is 0 Å². The van der Waals surface area contributed by atoms with E-state index in [9.17, 15) is 0 Å². The van der Waals surface area contributed by atoms with Crippen LogP contribution >= 0.6 is 35.0 Å². The number of halogens is 2. The van der Waals surface area contributed by atoms with Gasteiger partial charge in [0.15, 0.2) is 0 Å². The molecule has 0 spiro atoms. The summed E-state index contributed by atoms with van der Waals surface area (Å²) < 4.78 is 0. The SMILES string of the molecule is OCc1cccc(CSCc2ccc(Cl)c(Cl)c2)c1. The fourth-order valence-electron chi connectivity index (χ4n) is 1.73. The van der Waals surface area contributed by atoms with E-state index in [1.807, 2.05) is 48.2 Å². The molecule has 100 valence electrons. The molecule has 0 saturated heterocycles. The Morgan fingerprint density at radius 3 is 2.21 bits per heavy atom. The van der Waals surface area contributed by atoms with Crippen molar-refractivity contribution in [3.05, 3.63) is 69.2 Å². The van der Waals surface area contributed by atoms with Gasteiger partial charge in [-0.1, -0.05) is 53.5 Å². The molecule has 2 rings (SSSR count). The lowest BCUT2D eigenvalue weighted by Gasteiger charge is -2.05. The predicted octanol–water partition coefficient (Wildman–Crippen LogP) is 4.92. The highest BCUT2D eigenvalue weighted by Gasteiger charge is 2.01. The maximum atomic E-state index is 9.09. The lowest BCUT2D eigenvalue weighted by molar-refractivity contribution is 0.282. The Labute approximate surface area is 127 Å². The molecule has 19 heavy (non-hydrogen) atoms. The van der Waals surface area contributed by atoms with Gasteiger partial charge in [0.1, 0.15) is 0 Å². The molecule has 0 aliphatic heterocycles. The number of aliphatic hydroxyl groups excluding tert-OH is 1. The average Bonchev–Trinajstić information content (AvgIpc) is 2.43. The van der Waals surface area contributed by atoms with E-state index < -0.39 is 0 Å². The van der Waals surface area contributed by atoms with E-state index in [4.69, 9.17) is 28.3 Å². The second-order valence-corrected chi connectivity index (χ2v) is 6.02. The topological polar surface area (TPSA) is 20.2 Å². The average molecular weight is 313 g/mol. The van der Waals surface area contributed by atoms with Crippen LogP contribution < -0.4 is 0 Å². The van der Waals surface area contributed by atoms with Gasteiger partial charge in [0.25, 0.3) is 0 Å². The zero-order valence-corrected chi connectivity index (χ0v) is 12.6. The molecule has 2 aromatic carbocycles. The van der Waals surface area contributed by atoms with Gasteiger partial charge in [-0.05, 0) is 28.8 Å². The third kappa shape index (κ3) is 4.43. The van der Waals surface area contributed by atoms with Crippen molar-refractivity contribution in [1.82, 2.24) is 0 Å². The summed E-state index contributed by atoms with van der Waals surface area (Å²) >= 11 is 13.7. The lowest BCUT2D eigenvalue weighted by atomic mass is 10.1. The van der Waals surface area contributed by atoms with Crippen LogP contribution in [0.1, 0.15) is 16.7 Å². The van der Waals surface area contributed by atoms with Crippen LogP contribution in [0.15, 0.2) is 42.5 Å². The van der Waals surface area contributed by atoms with Crippen molar-refractivity contribution in [3.63, 3.8) is 0 Å². The third-order valence-corrected chi connectivity index (χ3v) is 4.51. The summed E-state index contributed by atoms with van der Waals surface area (Å²) in [6.45, 7) is 0.0886. The molecule has 0 amide bonds. The van der Waals surface area contributed by atoms with Gasteiger partial charge < -0.3 is 5.11 Å². The van der Waals surface area contributed by atoms with Crippen molar-refractivity contribution in [2.75, 3.05) is 0 Å². The van der Waals surface area contributed by atoms with E-state index in [0.717, 1.165) is 22.6 Å². The molecule has 0 aliphatic rings. The lowest BCUT2D eigenvalue weighted by Crippen LogP contribution is -1.87. The number of hydrogen-bond donors (Lipinski definition) is 1. The summed E-state index contributed by atoms with van der Waals surface area (Å²) in [5, 5.41) is 10.3. The summed E-state index contributed by atoms with van der Waals surface area (Å²) in [6.07, 6.45) is 0. The number of rotatable bonds is 5. The van der Waals surface area contributed by atoms with Crippen LogP contribution in [0.4, 0.5) is 0 Å². The Morgan fingerprint density at radius 1 is 0.842 bits per heavy atom. The Hall–Kier alpha value is -0.670. The Bertz CT molecular complexity index is 558. The first kappa shape index (κ1) is 14.7. The van der Waals surface area contributed by atoms with Crippen LogP contribution in [-0.4, -0.2) is 5.11 Å². The van der Waals surface area contributed by atoms with E-state index in [1.165, 1.54) is 5.56 Å². The molecule has 4 heteroatoms. The van der Waals surface area contributed by atoms with Gasteiger partial charge in [-0.25, -0.2) is 0 Å². The zero-order chi connectivity index (χ0) is 13.7. The van der Waals surface area contributed by atoms with Crippen molar-refractivity contribution in [2.45, 2.75) is 18.1 Å². The molecule has 0 heterocycles. The van der Waals surface area contributed by atoms with Crippen LogP contribution in [0.3, 0.4) is 0 Å². The van der Waals surface area contributed by atoms with Crippen LogP contribution in [0, 0.1) is 0 Å². The molecule has 1 nitrogen and oxygen atoms in total. The zero-order valence-electron chi connectivity index (χ0n) is 10.3. The predicted molar refractivity (Wildman–Crippen MR) is 83.8 cm³/mol. The van der Waals surface area contributed by atoms with Crippen LogP contribution in [0.5, 0.6) is 0 Å². The normalized spacial score (nSPS) is 10.7. The minimum Gasteiger partial charge on any atom is -0.392 e. The summed E-state index contributed by atoms with van der Waals surface area (Å²) in [4.78, 5) is 0. The number of aliphatic hydroxyl groups is 1. The fourth-order valence-corrected chi connectivity index (χ4v) is 2.99. The first-order valence-corrected chi connectivity index (χ1v) is 7.80. The fraction of sp³-hybridized carbons (Fsp3) is 0.200. The molecule has 0 fully saturated rings. The third-order valence-electron chi connectivity index (χ3n) is 2.70. The van der Waals surface area contributed by atoms with E-state index in [-0.39, 0.29) is 6.61 Å². The summed E-state index contributed by atoms with van der Waals surface area (Å²) in [5.41, 5.74) is 3.34. The van der Waals surface area contributed by atoms with Gasteiger partial charge in [-0.3, -0.25) is 0 Å². The van der Waals surface area contributed by atoms with Crippen LogP contribution in [-0.2, 0) is 18.1 Å². The van der Waals surface area contributed by atoms with Crippen molar-refractivity contribution in [3.8, 4) is 0 Å². The van der Waals surface area contributed by atoms with Gasteiger partial charge >= 0.3 is 0 Å². The molecule has 1 N–H and O–H groups in total. The van der Waals surface area contributed by atoms with Crippen molar-refractivity contribution in [2.24, 2.45) is 0 Å². The molecule has 0 radical (unpaired) electrons.